The fourth-order valence-electron chi connectivity index (χ4n) is 2.31. The SMILES string of the molecule is Cc1nn(-c2ccc(Cl)cc2)c2sc(C(=O)NCC(C)(C)N)cc12.Cl. The van der Waals surface area contributed by atoms with Crippen molar-refractivity contribution in [1.29, 1.82) is 0 Å². The number of halogens is 2. The molecule has 1 amide bonds. The van der Waals surface area contributed by atoms with Crippen molar-refractivity contribution in [3.8, 4) is 5.69 Å². The summed E-state index contributed by atoms with van der Waals surface area (Å²) in [7, 11) is 0. The van der Waals surface area contributed by atoms with Gasteiger partial charge in [0.2, 0.25) is 0 Å². The quantitative estimate of drug-likeness (QED) is 0.698. The third-order valence-corrected chi connectivity index (χ3v) is 4.91. The Morgan fingerprint density at radius 1 is 1.36 bits per heavy atom. The Morgan fingerprint density at radius 3 is 2.60 bits per heavy atom. The number of fused-ring (bicyclic) bond motifs is 1. The van der Waals surface area contributed by atoms with Crippen LogP contribution in [0.1, 0.15) is 29.2 Å². The van der Waals surface area contributed by atoms with Crippen LogP contribution in [0.15, 0.2) is 30.3 Å². The molecular formula is C17H20Cl2N4OS. The van der Waals surface area contributed by atoms with Crippen molar-refractivity contribution < 1.29 is 4.79 Å². The Kier molecular flexibility index (Phi) is 5.79. The Labute approximate surface area is 161 Å². The molecule has 0 unspecified atom stereocenters. The fourth-order valence-corrected chi connectivity index (χ4v) is 3.54. The molecule has 0 radical (unpaired) electrons. The molecule has 0 aliphatic carbocycles. The van der Waals surface area contributed by atoms with Gasteiger partial charge in [0, 0.05) is 22.5 Å². The number of nitrogens with two attached hydrogens (primary N) is 1. The lowest BCUT2D eigenvalue weighted by molar-refractivity contribution is 0.0950. The number of nitrogens with zero attached hydrogens (tertiary/aromatic N) is 2. The van der Waals surface area contributed by atoms with Gasteiger partial charge in [0.1, 0.15) is 4.83 Å². The zero-order valence-electron chi connectivity index (χ0n) is 14.2. The number of carbonyl (C=O) groups is 1. The molecule has 25 heavy (non-hydrogen) atoms. The van der Waals surface area contributed by atoms with Crippen molar-refractivity contribution in [3.63, 3.8) is 0 Å². The highest BCUT2D eigenvalue weighted by molar-refractivity contribution is 7.20. The number of rotatable bonds is 4. The highest BCUT2D eigenvalue weighted by atomic mass is 35.5. The standard InChI is InChI=1S/C17H19ClN4OS.ClH/c1-10-13-8-14(15(23)20-9-17(2,3)19)24-16(13)22(21-10)12-6-4-11(18)5-7-12;/h4-8H,9,19H2,1-3H3,(H,20,23);1H. The summed E-state index contributed by atoms with van der Waals surface area (Å²) in [5.74, 6) is -0.114. The topological polar surface area (TPSA) is 72.9 Å². The van der Waals surface area contributed by atoms with E-state index in [2.05, 4.69) is 10.4 Å². The molecule has 0 spiro atoms. The maximum absolute atomic E-state index is 12.4. The summed E-state index contributed by atoms with van der Waals surface area (Å²) in [5.41, 5.74) is 7.27. The van der Waals surface area contributed by atoms with Crippen LogP contribution in [0.4, 0.5) is 0 Å². The van der Waals surface area contributed by atoms with E-state index in [1.807, 2.05) is 55.8 Å². The largest absolute Gasteiger partial charge is 0.350 e. The maximum Gasteiger partial charge on any atom is 0.261 e. The van der Waals surface area contributed by atoms with Crippen molar-refractivity contribution in [2.24, 2.45) is 5.73 Å². The smallest absolute Gasteiger partial charge is 0.261 e. The molecule has 0 atom stereocenters. The molecule has 0 aliphatic rings. The number of carbonyl (C=O) groups excluding carboxylic acids is 1. The van der Waals surface area contributed by atoms with Gasteiger partial charge >= 0.3 is 0 Å². The third-order valence-electron chi connectivity index (χ3n) is 3.54. The minimum absolute atomic E-state index is 0. The number of thiophene rings is 1. The molecule has 2 aromatic heterocycles. The number of nitrogens with one attached hydrogen (secondary N) is 1. The van der Waals surface area contributed by atoms with E-state index in [0.717, 1.165) is 21.6 Å². The minimum Gasteiger partial charge on any atom is -0.350 e. The van der Waals surface area contributed by atoms with Crippen molar-refractivity contribution in [1.82, 2.24) is 15.1 Å². The molecule has 3 aromatic rings. The first-order valence-electron chi connectivity index (χ1n) is 7.57. The number of amides is 1. The molecule has 3 N–H and O–H groups in total. The van der Waals surface area contributed by atoms with Gasteiger partial charge in [0.15, 0.2) is 0 Å². The summed E-state index contributed by atoms with van der Waals surface area (Å²) < 4.78 is 1.84. The first-order chi connectivity index (χ1) is 11.2. The van der Waals surface area contributed by atoms with Gasteiger partial charge in [0.25, 0.3) is 5.91 Å². The van der Waals surface area contributed by atoms with E-state index in [9.17, 15) is 4.79 Å². The predicted molar refractivity (Wildman–Crippen MR) is 107 cm³/mol. The molecule has 0 saturated heterocycles. The maximum atomic E-state index is 12.4. The van der Waals surface area contributed by atoms with Crippen LogP contribution in [0.5, 0.6) is 0 Å². The number of hydrogen-bond donors (Lipinski definition) is 2. The first kappa shape index (κ1) is 19.7. The lowest BCUT2D eigenvalue weighted by atomic mass is 10.1. The highest BCUT2D eigenvalue weighted by Crippen LogP contribution is 2.30. The average Bonchev–Trinajstić information content (AvgIpc) is 3.06. The highest BCUT2D eigenvalue weighted by Gasteiger charge is 2.19. The molecule has 2 heterocycles. The Morgan fingerprint density at radius 2 is 2.00 bits per heavy atom. The van der Waals surface area contributed by atoms with Gasteiger partial charge in [-0.2, -0.15) is 5.10 Å². The molecule has 8 heteroatoms. The monoisotopic (exact) mass is 398 g/mol. The van der Waals surface area contributed by atoms with Crippen LogP contribution in [-0.4, -0.2) is 27.8 Å². The molecule has 134 valence electrons. The second-order valence-electron chi connectivity index (χ2n) is 6.47. The van der Waals surface area contributed by atoms with E-state index in [1.165, 1.54) is 11.3 Å². The summed E-state index contributed by atoms with van der Waals surface area (Å²) in [4.78, 5) is 13.9. The van der Waals surface area contributed by atoms with Crippen LogP contribution in [-0.2, 0) is 0 Å². The number of aromatic nitrogens is 2. The summed E-state index contributed by atoms with van der Waals surface area (Å²) in [6.07, 6.45) is 0. The summed E-state index contributed by atoms with van der Waals surface area (Å²) in [5, 5.41) is 9.10. The van der Waals surface area contributed by atoms with E-state index in [-0.39, 0.29) is 18.3 Å². The van der Waals surface area contributed by atoms with Crippen LogP contribution < -0.4 is 11.1 Å². The van der Waals surface area contributed by atoms with E-state index >= 15 is 0 Å². The summed E-state index contributed by atoms with van der Waals surface area (Å²) in [6.45, 7) is 6.11. The number of benzene rings is 1. The van der Waals surface area contributed by atoms with Crippen LogP contribution in [0.2, 0.25) is 5.02 Å². The van der Waals surface area contributed by atoms with Crippen molar-refractivity contribution >= 4 is 51.5 Å². The third kappa shape index (κ3) is 4.33. The summed E-state index contributed by atoms with van der Waals surface area (Å²) in [6, 6.07) is 9.34. The number of hydrogen-bond acceptors (Lipinski definition) is 4. The van der Waals surface area contributed by atoms with E-state index < -0.39 is 5.54 Å². The second-order valence-corrected chi connectivity index (χ2v) is 7.94. The average molecular weight is 399 g/mol. The van der Waals surface area contributed by atoms with Crippen LogP contribution in [0.25, 0.3) is 15.9 Å². The first-order valence-corrected chi connectivity index (χ1v) is 8.76. The van der Waals surface area contributed by atoms with Crippen LogP contribution >= 0.6 is 35.3 Å². The summed E-state index contributed by atoms with van der Waals surface area (Å²) >= 11 is 7.37. The second kappa shape index (κ2) is 7.33. The molecule has 3 rings (SSSR count). The van der Waals surface area contributed by atoms with Gasteiger partial charge in [-0.25, -0.2) is 4.68 Å². The molecule has 0 fully saturated rings. The van der Waals surface area contributed by atoms with Crippen LogP contribution in [0.3, 0.4) is 0 Å². The molecular weight excluding hydrogens is 379 g/mol. The van der Waals surface area contributed by atoms with Crippen molar-refractivity contribution in [3.05, 3.63) is 45.9 Å². The lowest BCUT2D eigenvalue weighted by Crippen LogP contribution is -2.44. The van der Waals surface area contributed by atoms with Gasteiger partial charge in [-0.15, -0.1) is 23.7 Å². The van der Waals surface area contributed by atoms with E-state index in [0.29, 0.717) is 16.4 Å². The molecule has 1 aromatic carbocycles. The van der Waals surface area contributed by atoms with Crippen molar-refractivity contribution in [2.45, 2.75) is 26.3 Å². The van der Waals surface area contributed by atoms with E-state index in [4.69, 9.17) is 17.3 Å². The van der Waals surface area contributed by atoms with Crippen molar-refractivity contribution in [2.75, 3.05) is 6.54 Å². The predicted octanol–water partition coefficient (Wildman–Crippen LogP) is 3.94. The minimum atomic E-state index is -0.442. The van der Waals surface area contributed by atoms with Crippen LogP contribution in [0, 0.1) is 6.92 Å². The molecule has 5 nitrogen and oxygen atoms in total. The lowest BCUT2D eigenvalue weighted by Gasteiger charge is -2.18. The molecule has 0 aliphatic heterocycles. The number of aryl methyl sites for hydroxylation is 1. The molecule has 0 bridgehead atoms. The fraction of sp³-hybridized carbons (Fsp3) is 0.294. The van der Waals surface area contributed by atoms with Gasteiger partial charge in [-0.05, 0) is 51.1 Å². The Hall–Kier alpha value is -1.60. The Balaban J connectivity index is 0.00000225. The Bertz CT molecular complexity index is 894. The van der Waals surface area contributed by atoms with E-state index in [1.54, 1.807) is 0 Å². The van der Waals surface area contributed by atoms with Gasteiger partial charge in [-0.3, -0.25) is 4.79 Å². The zero-order valence-corrected chi connectivity index (χ0v) is 16.6. The van der Waals surface area contributed by atoms with Gasteiger partial charge in [-0.1, -0.05) is 11.6 Å². The zero-order chi connectivity index (χ0) is 17.5. The van der Waals surface area contributed by atoms with Gasteiger partial charge in [0.05, 0.1) is 16.3 Å². The molecule has 0 saturated carbocycles. The van der Waals surface area contributed by atoms with Gasteiger partial charge < -0.3 is 11.1 Å². The normalized spacial score (nSPS) is 11.4.